The number of carbonyl (C=O) groups is 2. The predicted octanol–water partition coefficient (Wildman–Crippen LogP) is 15.6. The first-order chi connectivity index (χ1) is 30.0. The van der Waals surface area contributed by atoms with Crippen LogP contribution in [-0.2, 0) is 14.3 Å². The van der Waals surface area contributed by atoms with Crippen LogP contribution in [-0.4, -0.2) is 46.9 Å². The maximum Gasteiger partial charge on any atom is 0.306 e. The first kappa shape index (κ1) is 58.6. The van der Waals surface area contributed by atoms with Gasteiger partial charge < -0.3 is 20.3 Å². The lowest BCUT2D eigenvalue weighted by Crippen LogP contribution is -2.46. The molecule has 61 heavy (non-hydrogen) atoms. The van der Waals surface area contributed by atoms with E-state index in [2.05, 4.69) is 86.8 Å². The van der Waals surface area contributed by atoms with E-state index in [1.807, 2.05) is 0 Å². The number of amides is 1. The summed E-state index contributed by atoms with van der Waals surface area (Å²) in [7, 11) is 0. The van der Waals surface area contributed by atoms with Crippen molar-refractivity contribution in [2.24, 2.45) is 0 Å². The highest BCUT2D eigenvalue weighted by Gasteiger charge is 2.24. The molecule has 0 saturated carbocycles. The van der Waals surface area contributed by atoms with Crippen LogP contribution in [0.3, 0.4) is 0 Å². The molecular formula is C55H99NO5. The van der Waals surface area contributed by atoms with Gasteiger partial charge in [0.05, 0.1) is 25.2 Å². The molecule has 0 bridgehead atoms. The van der Waals surface area contributed by atoms with E-state index in [0.717, 1.165) is 96.3 Å². The van der Waals surface area contributed by atoms with E-state index in [-0.39, 0.29) is 24.9 Å². The minimum atomic E-state index is -0.796. The van der Waals surface area contributed by atoms with E-state index in [1.165, 1.54) is 109 Å². The van der Waals surface area contributed by atoms with E-state index in [0.29, 0.717) is 19.3 Å². The molecule has 3 N–H and O–H groups in total. The van der Waals surface area contributed by atoms with Crippen molar-refractivity contribution in [1.82, 2.24) is 5.32 Å². The van der Waals surface area contributed by atoms with Crippen LogP contribution < -0.4 is 5.32 Å². The normalized spacial score (nSPS) is 13.7. The Morgan fingerprint density at radius 3 is 1.49 bits per heavy atom. The molecule has 0 aromatic heterocycles. The third kappa shape index (κ3) is 44.0. The van der Waals surface area contributed by atoms with Crippen LogP contribution in [0.15, 0.2) is 60.8 Å². The van der Waals surface area contributed by atoms with Crippen LogP contribution in [0.4, 0.5) is 0 Å². The summed E-state index contributed by atoms with van der Waals surface area (Å²) in [6.07, 6.45) is 59.9. The molecule has 0 aliphatic heterocycles. The predicted molar refractivity (Wildman–Crippen MR) is 264 cm³/mol. The molecule has 3 unspecified atom stereocenters. The molecule has 0 aromatic carbocycles. The van der Waals surface area contributed by atoms with Crippen LogP contribution in [0, 0.1) is 0 Å². The number of aliphatic hydroxyl groups excluding tert-OH is 2. The Kier molecular flexibility index (Phi) is 46.6. The lowest BCUT2D eigenvalue weighted by atomic mass is 10.0. The zero-order chi connectivity index (χ0) is 44.5. The number of carbonyl (C=O) groups excluding carboxylic acids is 2. The second kappa shape index (κ2) is 48.6. The zero-order valence-electron chi connectivity index (χ0n) is 40.3. The van der Waals surface area contributed by atoms with Gasteiger partial charge in [0.25, 0.3) is 0 Å². The van der Waals surface area contributed by atoms with Crippen molar-refractivity contribution < 1.29 is 24.5 Å². The molecular weight excluding hydrogens is 755 g/mol. The number of rotatable bonds is 46. The van der Waals surface area contributed by atoms with Crippen LogP contribution >= 0.6 is 0 Å². The summed E-state index contributed by atoms with van der Waals surface area (Å²) in [5.74, 6) is -0.509. The molecule has 0 fully saturated rings. The quantitative estimate of drug-likeness (QED) is 0.0245. The van der Waals surface area contributed by atoms with Gasteiger partial charge in [-0.15, -0.1) is 0 Å². The Balaban J connectivity index is 4.62. The summed E-state index contributed by atoms with van der Waals surface area (Å²) in [6.45, 7) is 6.32. The van der Waals surface area contributed by atoms with Crippen LogP contribution in [0.25, 0.3) is 0 Å². The van der Waals surface area contributed by atoms with E-state index in [9.17, 15) is 19.8 Å². The number of esters is 1. The molecule has 0 spiro atoms. The number of hydrogen-bond donors (Lipinski definition) is 3. The summed E-state index contributed by atoms with van der Waals surface area (Å²) in [5, 5.41) is 23.8. The smallest absolute Gasteiger partial charge is 0.306 e. The topological polar surface area (TPSA) is 95.9 Å². The van der Waals surface area contributed by atoms with Crippen LogP contribution in [0.2, 0.25) is 0 Å². The van der Waals surface area contributed by atoms with Crippen molar-refractivity contribution in [3.05, 3.63) is 60.8 Å². The largest absolute Gasteiger partial charge is 0.462 e. The first-order valence-electron chi connectivity index (χ1n) is 26.0. The Hall–Kier alpha value is -2.44. The molecule has 0 aliphatic carbocycles. The standard InChI is InChI=1S/C55H99NO5/c1-4-7-10-13-16-19-22-25-27-29-31-34-37-40-43-46-51(61-55(60)48-45-42-39-36-33-28-24-21-18-15-12-9-6-3)49-54(59)56-52(50-57)53(58)47-44-41-38-35-32-30-26-23-20-17-14-11-8-5-2/h9,12,15-16,18-19,21,24-25,27,51-53,57-58H,4-8,10-11,13-14,17,20,22-23,26,28-50H2,1-3H3,(H,56,59)/b12-9+,18-15+,19-16-,24-21-,27-25-. The number of allylic oxidation sites excluding steroid dienone is 10. The number of unbranched alkanes of at least 4 members (excludes halogenated alkanes) is 26. The molecule has 0 radical (unpaired) electrons. The average molecular weight is 854 g/mol. The summed E-state index contributed by atoms with van der Waals surface area (Å²) in [4.78, 5) is 26.1. The first-order valence-corrected chi connectivity index (χ1v) is 26.0. The molecule has 6 heteroatoms. The molecule has 0 saturated heterocycles. The second-order valence-electron chi connectivity index (χ2n) is 17.6. The third-order valence-electron chi connectivity index (χ3n) is 11.6. The van der Waals surface area contributed by atoms with Crippen molar-refractivity contribution in [2.75, 3.05) is 6.61 Å². The van der Waals surface area contributed by atoms with Gasteiger partial charge in [-0.25, -0.2) is 0 Å². The SMILES string of the molecule is CC/C=C/C=C/C=C\CCCCCCCC(=O)OC(CCCCCCC/C=C\C/C=C\CCCCC)CC(=O)NC(CO)C(O)CCCCCCCCCCCCCCCC. The Labute approximate surface area is 378 Å². The fourth-order valence-electron chi connectivity index (χ4n) is 7.70. The van der Waals surface area contributed by atoms with Gasteiger partial charge in [0.1, 0.15) is 6.10 Å². The molecule has 6 nitrogen and oxygen atoms in total. The summed E-state index contributed by atoms with van der Waals surface area (Å²) < 4.78 is 5.92. The number of aliphatic hydroxyl groups is 2. The maximum absolute atomic E-state index is 13.2. The Morgan fingerprint density at radius 2 is 0.951 bits per heavy atom. The summed E-state index contributed by atoms with van der Waals surface area (Å²) in [6, 6.07) is -0.711. The molecule has 1 amide bonds. The lowest BCUT2D eigenvalue weighted by molar-refractivity contribution is -0.151. The minimum Gasteiger partial charge on any atom is -0.462 e. The lowest BCUT2D eigenvalue weighted by Gasteiger charge is -2.24. The molecule has 0 aliphatic rings. The number of hydrogen-bond acceptors (Lipinski definition) is 5. The Bertz CT molecular complexity index is 1090. The van der Waals surface area contributed by atoms with Gasteiger partial charge in [0.15, 0.2) is 0 Å². The third-order valence-corrected chi connectivity index (χ3v) is 11.6. The monoisotopic (exact) mass is 854 g/mol. The van der Waals surface area contributed by atoms with Gasteiger partial charge in [0, 0.05) is 6.42 Å². The van der Waals surface area contributed by atoms with E-state index < -0.39 is 18.2 Å². The molecule has 354 valence electrons. The number of nitrogens with one attached hydrogen (secondary N) is 1. The fourth-order valence-corrected chi connectivity index (χ4v) is 7.70. The van der Waals surface area contributed by atoms with Crippen molar-refractivity contribution in [2.45, 2.75) is 270 Å². The summed E-state index contributed by atoms with van der Waals surface area (Å²) >= 11 is 0. The van der Waals surface area contributed by atoms with Crippen molar-refractivity contribution in [1.29, 1.82) is 0 Å². The fraction of sp³-hybridized carbons (Fsp3) is 0.782. The highest BCUT2D eigenvalue weighted by atomic mass is 16.5. The van der Waals surface area contributed by atoms with Gasteiger partial charge >= 0.3 is 5.97 Å². The highest BCUT2D eigenvalue weighted by molar-refractivity contribution is 5.77. The van der Waals surface area contributed by atoms with E-state index in [1.54, 1.807) is 0 Å². The summed E-state index contributed by atoms with van der Waals surface area (Å²) in [5.41, 5.74) is 0. The van der Waals surface area contributed by atoms with Gasteiger partial charge in [-0.05, 0) is 77.0 Å². The van der Waals surface area contributed by atoms with Crippen LogP contribution in [0.5, 0.6) is 0 Å². The number of ether oxygens (including phenoxy) is 1. The molecule has 0 aromatic rings. The van der Waals surface area contributed by atoms with E-state index >= 15 is 0 Å². The molecule has 3 atom stereocenters. The minimum absolute atomic E-state index is 0.0588. The van der Waals surface area contributed by atoms with Gasteiger partial charge in [0.2, 0.25) is 5.91 Å². The van der Waals surface area contributed by atoms with Gasteiger partial charge in [-0.2, -0.15) is 0 Å². The van der Waals surface area contributed by atoms with Gasteiger partial charge in [-0.3, -0.25) is 9.59 Å². The molecule has 0 heterocycles. The zero-order valence-corrected chi connectivity index (χ0v) is 40.3. The Morgan fingerprint density at radius 1 is 0.508 bits per heavy atom. The maximum atomic E-state index is 13.2. The van der Waals surface area contributed by atoms with Crippen molar-refractivity contribution >= 4 is 11.9 Å². The second-order valence-corrected chi connectivity index (χ2v) is 17.6. The van der Waals surface area contributed by atoms with Crippen molar-refractivity contribution in [3.8, 4) is 0 Å². The van der Waals surface area contributed by atoms with Crippen LogP contribution in [0.1, 0.15) is 252 Å². The average Bonchev–Trinajstić information content (AvgIpc) is 3.25. The highest BCUT2D eigenvalue weighted by Crippen LogP contribution is 2.18. The van der Waals surface area contributed by atoms with E-state index in [4.69, 9.17) is 4.74 Å². The van der Waals surface area contributed by atoms with Gasteiger partial charge in [-0.1, -0.05) is 223 Å². The molecule has 0 rings (SSSR count). The van der Waals surface area contributed by atoms with Crippen molar-refractivity contribution in [3.63, 3.8) is 0 Å².